The average Bonchev–Trinajstić information content (AvgIpc) is 3.06. The summed E-state index contributed by atoms with van der Waals surface area (Å²) >= 11 is 11.9. The van der Waals surface area contributed by atoms with Gasteiger partial charge in [-0.25, -0.2) is 5.01 Å². The smallest absolute Gasteiger partial charge is 0.280 e. The van der Waals surface area contributed by atoms with Crippen LogP contribution in [0.1, 0.15) is 34.1 Å². The van der Waals surface area contributed by atoms with E-state index in [1.54, 1.807) is 37.3 Å². The molecule has 1 fully saturated rings. The molecule has 0 radical (unpaired) electrons. The quantitative estimate of drug-likeness (QED) is 0.285. The molecule has 1 unspecified atom stereocenters. The maximum Gasteiger partial charge on any atom is 0.280 e. The van der Waals surface area contributed by atoms with Crippen molar-refractivity contribution in [3.8, 4) is 0 Å². The topological polar surface area (TPSA) is 74.8 Å². The summed E-state index contributed by atoms with van der Waals surface area (Å²) in [6.07, 6.45) is -0.125. The van der Waals surface area contributed by atoms with E-state index in [-0.39, 0.29) is 23.2 Å². The Bertz CT molecular complexity index is 1240. The normalized spacial score (nSPS) is 18.0. The number of hydrogen-bond donors (Lipinski definition) is 0. The number of halogens is 2. The van der Waals surface area contributed by atoms with Gasteiger partial charge in [-0.3, -0.25) is 19.2 Å². The third kappa shape index (κ3) is 3.71. The first-order valence-electron chi connectivity index (χ1n) is 10.2. The number of rotatable bonds is 5. The van der Waals surface area contributed by atoms with Crippen molar-refractivity contribution in [3.05, 3.63) is 100 Å². The number of nitrogens with zero attached hydrogens (tertiary/aromatic N) is 2. The maximum atomic E-state index is 13.8. The molecule has 0 aromatic heterocycles. The maximum absolute atomic E-state index is 13.8. The summed E-state index contributed by atoms with van der Waals surface area (Å²) in [6, 6.07) is 20.1. The molecule has 1 aliphatic heterocycles. The van der Waals surface area contributed by atoms with Gasteiger partial charge in [0.25, 0.3) is 17.7 Å². The second kappa shape index (κ2) is 8.81. The Kier molecular flexibility index (Phi) is 6.06. The first-order chi connectivity index (χ1) is 15.8. The third-order valence-corrected chi connectivity index (χ3v) is 6.13. The number of hydrazine groups is 1. The van der Waals surface area contributed by atoms with Crippen molar-refractivity contribution in [2.45, 2.75) is 13.3 Å². The highest BCUT2D eigenvalue weighted by molar-refractivity contribution is 6.37. The largest absolute Gasteiger partial charge is 0.292 e. The van der Waals surface area contributed by atoms with E-state index in [1.165, 1.54) is 48.5 Å². The highest BCUT2D eigenvalue weighted by Crippen LogP contribution is 2.41. The van der Waals surface area contributed by atoms with Crippen LogP contribution in [0.15, 0.2) is 78.9 Å². The molecule has 3 aromatic carbocycles. The van der Waals surface area contributed by atoms with E-state index >= 15 is 0 Å². The summed E-state index contributed by atoms with van der Waals surface area (Å²) < 4.78 is 0. The van der Waals surface area contributed by atoms with Crippen LogP contribution in [-0.2, 0) is 9.59 Å². The van der Waals surface area contributed by atoms with Gasteiger partial charge in [-0.2, -0.15) is 5.01 Å². The molecule has 33 heavy (non-hydrogen) atoms. The van der Waals surface area contributed by atoms with Crippen molar-refractivity contribution in [2.24, 2.45) is 5.41 Å². The lowest BCUT2D eigenvalue weighted by atomic mass is 9.77. The van der Waals surface area contributed by atoms with E-state index in [4.69, 9.17) is 23.2 Å². The van der Waals surface area contributed by atoms with Crippen LogP contribution in [0, 0.1) is 5.41 Å². The van der Waals surface area contributed by atoms with Gasteiger partial charge in [-0.05, 0) is 67.1 Å². The zero-order valence-electron chi connectivity index (χ0n) is 17.5. The average molecular weight is 481 g/mol. The van der Waals surface area contributed by atoms with Crippen LogP contribution in [0.25, 0.3) is 0 Å². The van der Waals surface area contributed by atoms with Crippen LogP contribution in [0.5, 0.6) is 0 Å². The highest BCUT2D eigenvalue weighted by Gasteiger charge is 2.64. The van der Waals surface area contributed by atoms with Crippen molar-refractivity contribution >= 4 is 52.4 Å². The van der Waals surface area contributed by atoms with Crippen LogP contribution < -0.4 is 5.01 Å². The molecule has 0 aliphatic carbocycles. The van der Waals surface area contributed by atoms with E-state index in [9.17, 15) is 19.2 Å². The van der Waals surface area contributed by atoms with Gasteiger partial charge in [-0.1, -0.05) is 48.3 Å². The van der Waals surface area contributed by atoms with Gasteiger partial charge in [0.05, 0.1) is 5.69 Å². The Morgan fingerprint density at radius 3 is 1.79 bits per heavy atom. The standard InChI is InChI=1S/C25H18Cl2N2O4/c1-2-25(21(30)16-8-12-18(26)13-9-16)23(32)28(20-6-4-3-5-7-20)29(24(25)33)22(31)17-10-14-19(27)15-11-17/h3-15H,2H2,1H3. The van der Waals surface area contributed by atoms with Crippen molar-refractivity contribution in [1.29, 1.82) is 0 Å². The Morgan fingerprint density at radius 1 is 0.758 bits per heavy atom. The number of anilines is 1. The number of imide groups is 1. The summed E-state index contributed by atoms with van der Waals surface area (Å²) in [6.45, 7) is 1.57. The monoisotopic (exact) mass is 480 g/mol. The Morgan fingerprint density at radius 2 is 1.27 bits per heavy atom. The molecule has 1 saturated heterocycles. The number of hydrogen-bond acceptors (Lipinski definition) is 4. The Hall–Kier alpha value is -3.48. The molecule has 3 amide bonds. The Balaban J connectivity index is 1.87. The number of ketones is 1. The van der Waals surface area contributed by atoms with Gasteiger partial charge in [0, 0.05) is 21.2 Å². The molecule has 6 nitrogen and oxygen atoms in total. The van der Waals surface area contributed by atoms with E-state index in [0.717, 1.165) is 10.0 Å². The van der Waals surface area contributed by atoms with E-state index in [2.05, 4.69) is 0 Å². The minimum atomic E-state index is -2.09. The van der Waals surface area contributed by atoms with E-state index in [1.807, 2.05) is 0 Å². The second-order valence-electron chi connectivity index (χ2n) is 7.48. The molecule has 1 atom stereocenters. The summed E-state index contributed by atoms with van der Waals surface area (Å²) in [7, 11) is 0. The summed E-state index contributed by atoms with van der Waals surface area (Å²) in [5.74, 6) is -3.13. The molecule has 0 spiro atoms. The Labute approximate surface area is 200 Å². The first kappa shape index (κ1) is 22.7. The van der Waals surface area contributed by atoms with Gasteiger partial charge in [0.15, 0.2) is 11.2 Å². The highest BCUT2D eigenvalue weighted by atomic mass is 35.5. The number of benzene rings is 3. The van der Waals surface area contributed by atoms with Crippen molar-refractivity contribution in [2.75, 3.05) is 5.01 Å². The zero-order valence-corrected chi connectivity index (χ0v) is 19.0. The minimum Gasteiger partial charge on any atom is -0.292 e. The first-order valence-corrected chi connectivity index (χ1v) is 10.9. The van der Waals surface area contributed by atoms with Crippen LogP contribution >= 0.6 is 23.2 Å². The summed E-state index contributed by atoms with van der Waals surface area (Å²) in [5.41, 5.74) is -1.51. The van der Waals surface area contributed by atoms with Crippen LogP contribution in [0.3, 0.4) is 0 Å². The molecular weight excluding hydrogens is 463 g/mol. The number of Topliss-reactive ketones (excluding diaryl/α,β-unsaturated/α-hetero) is 1. The summed E-state index contributed by atoms with van der Waals surface area (Å²) in [5, 5.41) is 2.55. The third-order valence-electron chi connectivity index (χ3n) is 5.62. The molecule has 1 aliphatic rings. The molecule has 0 N–H and O–H groups in total. The van der Waals surface area contributed by atoms with Crippen LogP contribution in [-0.4, -0.2) is 28.5 Å². The second-order valence-corrected chi connectivity index (χ2v) is 8.35. The van der Waals surface area contributed by atoms with Crippen molar-refractivity contribution in [3.63, 3.8) is 0 Å². The molecule has 3 aromatic rings. The van der Waals surface area contributed by atoms with Gasteiger partial charge in [0.1, 0.15) is 0 Å². The molecule has 4 rings (SSSR count). The van der Waals surface area contributed by atoms with Crippen LogP contribution in [0.4, 0.5) is 5.69 Å². The van der Waals surface area contributed by atoms with Crippen LogP contribution in [0.2, 0.25) is 10.0 Å². The van der Waals surface area contributed by atoms with Gasteiger partial charge < -0.3 is 0 Å². The fourth-order valence-corrected chi connectivity index (χ4v) is 4.09. The van der Waals surface area contributed by atoms with Crippen molar-refractivity contribution in [1.82, 2.24) is 5.01 Å². The zero-order chi connectivity index (χ0) is 23.8. The number of amides is 3. The minimum absolute atomic E-state index is 0.125. The van der Waals surface area contributed by atoms with Gasteiger partial charge >= 0.3 is 0 Å². The number of carbonyl (C=O) groups is 4. The number of carbonyl (C=O) groups excluding carboxylic acids is 4. The lowest BCUT2D eigenvalue weighted by molar-refractivity contribution is -0.135. The van der Waals surface area contributed by atoms with Crippen molar-refractivity contribution < 1.29 is 19.2 Å². The number of para-hydroxylation sites is 1. The SMILES string of the molecule is CCC1(C(=O)c2ccc(Cl)cc2)C(=O)N(C(=O)c2ccc(Cl)cc2)N(c2ccccc2)C1=O. The fraction of sp³-hybridized carbons (Fsp3) is 0.120. The fourth-order valence-electron chi connectivity index (χ4n) is 3.84. The molecular formula is C25H18Cl2N2O4. The molecule has 1 heterocycles. The van der Waals surface area contributed by atoms with E-state index in [0.29, 0.717) is 10.0 Å². The summed E-state index contributed by atoms with van der Waals surface area (Å²) in [4.78, 5) is 54.6. The van der Waals surface area contributed by atoms with Gasteiger partial charge in [0.2, 0.25) is 0 Å². The predicted molar refractivity (Wildman–Crippen MR) is 125 cm³/mol. The van der Waals surface area contributed by atoms with E-state index < -0.39 is 28.9 Å². The van der Waals surface area contributed by atoms with Gasteiger partial charge in [-0.15, -0.1) is 0 Å². The molecule has 166 valence electrons. The predicted octanol–water partition coefficient (Wildman–Crippen LogP) is 5.20. The molecule has 0 bridgehead atoms. The lowest BCUT2D eigenvalue weighted by Crippen LogP contribution is -2.45. The molecule has 8 heteroatoms. The molecule has 0 saturated carbocycles. The lowest BCUT2D eigenvalue weighted by Gasteiger charge is -2.25.